The summed E-state index contributed by atoms with van der Waals surface area (Å²) in [6.07, 6.45) is 4.17. The molecule has 4 heteroatoms. The Bertz CT molecular complexity index is 365. The second-order valence-electron chi connectivity index (χ2n) is 2.30. The molecular formula is C7H8N4. The number of aromatic amines is 1. The minimum Gasteiger partial charge on any atom is -0.274 e. The number of hydrogen-bond donors (Lipinski definition) is 1. The van der Waals surface area contributed by atoms with Gasteiger partial charge in [-0.15, -0.1) is 0 Å². The summed E-state index contributed by atoms with van der Waals surface area (Å²) in [5.74, 6) is 0. The Morgan fingerprint density at radius 3 is 3.18 bits per heavy atom. The van der Waals surface area contributed by atoms with Crippen LogP contribution in [-0.2, 0) is 6.42 Å². The second-order valence-corrected chi connectivity index (χ2v) is 2.30. The molecule has 0 amide bonds. The summed E-state index contributed by atoms with van der Waals surface area (Å²) in [7, 11) is 0. The zero-order valence-electron chi connectivity index (χ0n) is 6.20. The van der Waals surface area contributed by atoms with Gasteiger partial charge in [0.1, 0.15) is 17.4 Å². The zero-order chi connectivity index (χ0) is 7.68. The maximum absolute atomic E-state index is 4.12. The number of fused-ring (bicyclic) bond motifs is 1. The van der Waals surface area contributed by atoms with Gasteiger partial charge in [-0.3, -0.25) is 5.10 Å². The molecule has 0 aliphatic rings. The van der Waals surface area contributed by atoms with E-state index in [9.17, 15) is 0 Å². The van der Waals surface area contributed by atoms with Gasteiger partial charge in [0.05, 0.1) is 11.9 Å². The van der Waals surface area contributed by atoms with Crippen LogP contribution in [0.3, 0.4) is 0 Å². The van der Waals surface area contributed by atoms with E-state index in [1.54, 1.807) is 12.5 Å². The molecule has 0 spiro atoms. The fourth-order valence-corrected chi connectivity index (χ4v) is 1.08. The van der Waals surface area contributed by atoms with Crippen LogP contribution >= 0.6 is 0 Å². The fraction of sp³-hybridized carbons (Fsp3) is 0.286. The highest BCUT2D eigenvalue weighted by Crippen LogP contribution is 2.09. The molecule has 0 bridgehead atoms. The molecule has 11 heavy (non-hydrogen) atoms. The SMILES string of the molecule is CCc1ncnc2cn[nH]c12. The highest BCUT2D eigenvalue weighted by molar-refractivity contribution is 5.74. The Labute approximate surface area is 63.7 Å². The van der Waals surface area contributed by atoms with Gasteiger partial charge in [-0.1, -0.05) is 6.92 Å². The predicted molar refractivity (Wildman–Crippen MR) is 41.1 cm³/mol. The average molecular weight is 148 g/mol. The van der Waals surface area contributed by atoms with E-state index in [-0.39, 0.29) is 0 Å². The molecule has 0 saturated carbocycles. The molecule has 0 atom stereocenters. The van der Waals surface area contributed by atoms with E-state index < -0.39 is 0 Å². The Morgan fingerprint density at radius 1 is 1.45 bits per heavy atom. The Morgan fingerprint density at radius 2 is 2.36 bits per heavy atom. The van der Waals surface area contributed by atoms with Crippen LogP contribution in [0.4, 0.5) is 0 Å². The quantitative estimate of drug-likeness (QED) is 0.654. The van der Waals surface area contributed by atoms with Crippen LogP contribution in [0.5, 0.6) is 0 Å². The van der Waals surface area contributed by atoms with Gasteiger partial charge in [0.2, 0.25) is 0 Å². The number of rotatable bonds is 1. The number of hydrogen-bond acceptors (Lipinski definition) is 3. The smallest absolute Gasteiger partial charge is 0.116 e. The van der Waals surface area contributed by atoms with Crippen molar-refractivity contribution in [3.05, 3.63) is 18.2 Å². The number of nitrogens with zero attached hydrogens (tertiary/aromatic N) is 3. The lowest BCUT2D eigenvalue weighted by Gasteiger charge is -1.93. The minimum atomic E-state index is 0.886. The maximum atomic E-state index is 4.12. The van der Waals surface area contributed by atoms with Gasteiger partial charge in [-0.05, 0) is 6.42 Å². The summed E-state index contributed by atoms with van der Waals surface area (Å²) < 4.78 is 0. The van der Waals surface area contributed by atoms with Crippen LogP contribution in [0, 0.1) is 0 Å². The average Bonchev–Trinajstić information content (AvgIpc) is 2.50. The Balaban J connectivity index is 2.79. The highest BCUT2D eigenvalue weighted by Gasteiger charge is 2.01. The summed E-state index contributed by atoms with van der Waals surface area (Å²) in [5, 5.41) is 6.75. The third-order valence-electron chi connectivity index (χ3n) is 1.65. The van der Waals surface area contributed by atoms with Crippen LogP contribution in [0.2, 0.25) is 0 Å². The molecule has 0 radical (unpaired) electrons. The highest BCUT2D eigenvalue weighted by atomic mass is 15.1. The summed E-state index contributed by atoms with van der Waals surface area (Å²) >= 11 is 0. The largest absolute Gasteiger partial charge is 0.274 e. The van der Waals surface area contributed by atoms with Crippen LogP contribution in [0.25, 0.3) is 11.0 Å². The van der Waals surface area contributed by atoms with E-state index in [4.69, 9.17) is 0 Å². The van der Waals surface area contributed by atoms with Crippen LogP contribution in [0.15, 0.2) is 12.5 Å². The van der Waals surface area contributed by atoms with Crippen LogP contribution in [-0.4, -0.2) is 20.2 Å². The van der Waals surface area contributed by atoms with Gasteiger partial charge in [0, 0.05) is 0 Å². The van der Waals surface area contributed by atoms with Gasteiger partial charge in [0.15, 0.2) is 0 Å². The molecule has 0 saturated heterocycles. The Hall–Kier alpha value is -1.45. The lowest BCUT2D eigenvalue weighted by Crippen LogP contribution is -1.89. The first kappa shape index (κ1) is 6.27. The fourth-order valence-electron chi connectivity index (χ4n) is 1.08. The molecule has 2 aromatic heterocycles. The topological polar surface area (TPSA) is 54.5 Å². The van der Waals surface area contributed by atoms with Crippen molar-refractivity contribution < 1.29 is 0 Å². The molecule has 56 valence electrons. The minimum absolute atomic E-state index is 0.886. The number of aromatic nitrogens is 4. The molecule has 2 aromatic rings. The van der Waals surface area contributed by atoms with Gasteiger partial charge < -0.3 is 0 Å². The van der Waals surface area contributed by atoms with Crippen molar-refractivity contribution in [2.24, 2.45) is 0 Å². The van der Waals surface area contributed by atoms with E-state index in [0.717, 1.165) is 23.1 Å². The third kappa shape index (κ3) is 0.869. The van der Waals surface area contributed by atoms with Crippen LogP contribution < -0.4 is 0 Å². The molecule has 0 aliphatic carbocycles. The lowest BCUT2D eigenvalue weighted by atomic mass is 10.3. The van der Waals surface area contributed by atoms with Crippen LogP contribution in [0.1, 0.15) is 12.6 Å². The standard InChI is InChI=1S/C7H8N4/c1-2-5-7-6(3-10-11-7)9-4-8-5/h3-4H,2H2,1H3,(H,10,11). The molecule has 0 aromatic carbocycles. The van der Waals surface area contributed by atoms with Gasteiger partial charge >= 0.3 is 0 Å². The predicted octanol–water partition coefficient (Wildman–Crippen LogP) is 0.915. The van der Waals surface area contributed by atoms with Gasteiger partial charge in [-0.25, -0.2) is 9.97 Å². The molecule has 2 heterocycles. The number of H-pyrrole nitrogens is 1. The molecule has 0 aliphatic heterocycles. The van der Waals surface area contributed by atoms with E-state index in [2.05, 4.69) is 27.1 Å². The first-order chi connectivity index (χ1) is 5.42. The molecule has 0 unspecified atom stereocenters. The monoisotopic (exact) mass is 148 g/mol. The van der Waals surface area contributed by atoms with E-state index in [1.807, 2.05) is 0 Å². The van der Waals surface area contributed by atoms with E-state index in [1.165, 1.54) is 0 Å². The van der Waals surface area contributed by atoms with Gasteiger partial charge in [0.25, 0.3) is 0 Å². The van der Waals surface area contributed by atoms with Crippen molar-refractivity contribution in [3.63, 3.8) is 0 Å². The van der Waals surface area contributed by atoms with Crippen molar-refractivity contribution in [1.29, 1.82) is 0 Å². The number of nitrogens with one attached hydrogen (secondary N) is 1. The molecule has 4 nitrogen and oxygen atoms in total. The number of aryl methyl sites for hydroxylation is 1. The lowest BCUT2D eigenvalue weighted by molar-refractivity contribution is 1.01. The summed E-state index contributed by atoms with van der Waals surface area (Å²) in [6.45, 7) is 2.06. The summed E-state index contributed by atoms with van der Waals surface area (Å²) in [6, 6.07) is 0. The first-order valence-corrected chi connectivity index (χ1v) is 3.54. The maximum Gasteiger partial charge on any atom is 0.116 e. The first-order valence-electron chi connectivity index (χ1n) is 3.54. The van der Waals surface area contributed by atoms with Crippen molar-refractivity contribution in [3.8, 4) is 0 Å². The molecule has 2 rings (SSSR count). The summed E-state index contributed by atoms with van der Waals surface area (Å²) in [5.41, 5.74) is 2.86. The van der Waals surface area contributed by atoms with Crippen molar-refractivity contribution >= 4 is 11.0 Å². The molecule has 0 fully saturated rings. The van der Waals surface area contributed by atoms with E-state index >= 15 is 0 Å². The molecular weight excluding hydrogens is 140 g/mol. The van der Waals surface area contributed by atoms with E-state index in [0.29, 0.717) is 0 Å². The summed E-state index contributed by atoms with van der Waals surface area (Å²) in [4.78, 5) is 8.16. The second kappa shape index (κ2) is 2.30. The third-order valence-corrected chi connectivity index (χ3v) is 1.65. The normalized spacial score (nSPS) is 10.6. The van der Waals surface area contributed by atoms with Crippen molar-refractivity contribution in [2.45, 2.75) is 13.3 Å². The van der Waals surface area contributed by atoms with Crippen molar-refractivity contribution in [2.75, 3.05) is 0 Å². The van der Waals surface area contributed by atoms with Crippen molar-refractivity contribution in [1.82, 2.24) is 20.2 Å². The Kier molecular flexibility index (Phi) is 1.31. The van der Waals surface area contributed by atoms with Gasteiger partial charge in [-0.2, -0.15) is 5.10 Å². The zero-order valence-corrected chi connectivity index (χ0v) is 6.20. The molecule has 1 N–H and O–H groups in total.